The Labute approximate surface area is 118 Å². The molecular formula is C13H19ClN4O. The molecule has 5 nitrogen and oxygen atoms in total. The lowest BCUT2D eigenvalue weighted by molar-refractivity contribution is 0.417. The lowest BCUT2D eigenvalue weighted by Crippen LogP contribution is -2.37. The van der Waals surface area contributed by atoms with E-state index in [1.54, 1.807) is 25.3 Å². The van der Waals surface area contributed by atoms with E-state index in [2.05, 4.69) is 15.7 Å². The number of nitrogens with two attached hydrogens (primary N) is 1. The third-order valence-electron chi connectivity index (χ3n) is 3.19. The van der Waals surface area contributed by atoms with Crippen LogP contribution in [0, 0.1) is 0 Å². The SMILES string of the molecule is COc1ccc(Cl)cc1NC(=NC1CCCC1)NN. The van der Waals surface area contributed by atoms with Crippen molar-refractivity contribution in [3.63, 3.8) is 0 Å². The summed E-state index contributed by atoms with van der Waals surface area (Å²) >= 11 is 5.98. The Bertz CT molecular complexity index is 458. The Morgan fingerprint density at radius 3 is 2.79 bits per heavy atom. The van der Waals surface area contributed by atoms with Crippen molar-refractivity contribution in [2.45, 2.75) is 31.7 Å². The molecule has 1 aliphatic carbocycles. The van der Waals surface area contributed by atoms with E-state index in [4.69, 9.17) is 22.2 Å². The number of methoxy groups -OCH3 is 1. The summed E-state index contributed by atoms with van der Waals surface area (Å²) in [5.41, 5.74) is 3.33. The monoisotopic (exact) mass is 282 g/mol. The van der Waals surface area contributed by atoms with Gasteiger partial charge in [-0.15, -0.1) is 0 Å². The highest BCUT2D eigenvalue weighted by Crippen LogP contribution is 2.28. The zero-order valence-corrected chi connectivity index (χ0v) is 11.7. The maximum absolute atomic E-state index is 5.98. The average Bonchev–Trinajstić information content (AvgIpc) is 2.91. The van der Waals surface area contributed by atoms with E-state index in [0.717, 1.165) is 18.5 Å². The Morgan fingerprint density at radius 1 is 1.42 bits per heavy atom. The third-order valence-corrected chi connectivity index (χ3v) is 3.42. The van der Waals surface area contributed by atoms with Gasteiger partial charge >= 0.3 is 0 Å². The molecule has 0 aliphatic heterocycles. The molecule has 0 radical (unpaired) electrons. The van der Waals surface area contributed by atoms with Gasteiger partial charge in [0.05, 0.1) is 18.8 Å². The number of rotatable bonds is 3. The van der Waals surface area contributed by atoms with Crippen molar-refractivity contribution in [1.82, 2.24) is 5.43 Å². The van der Waals surface area contributed by atoms with Crippen molar-refractivity contribution in [2.75, 3.05) is 12.4 Å². The van der Waals surface area contributed by atoms with Gasteiger partial charge in [-0.1, -0.05) is 24.4 Å². The summed E-state index contributed by atoms with van der Waals surface area (Å²) in [6.45, 7) is 0. The molecule has 1 aromatic rings. The van der Waals surface area contributed by atoms with E-state index in [1.807, 2.05) is 0 Å². The van der Waals surface area contributed by atoms with Gasteiger partial charge < -0.3 is 10.1 Å². The van der Waals surface area contributed by atoms with Crippen molar-refractivity contribution in [1.29, 1.82) is 0 Å². The van der Waals surface area contributed by atoms with E-state index in [0.29, 0.717) is 22.8 Å². The van der Waals surface area contributed by atoms with E-state index in [1.165, 1.54) is 12.8 Å². The molecule has 0 unspecified atom stereocenters. The summed E-state index contributed by atoms with van der Waals surface area (Å²) in [6.07, 6.45) is 4.68. The van der Waals surface area contributed by atoms with Gasteiger partial charge in [0.15, 0.2) is 0 Å². The molecule has 6 heteroatoms. The highest BCUT2D eigenvalue weighted by atomic mass is 35.5. The Balaban J connectivity index is 2.15. The molecule has 1 aliphatic rings. The van der Waals surface area contributed by atoms with Crippen LogP contribution in [0.3, 0.4) is 0 Å². The summed E-state index contributed by atoms with van der Waals surface area (Å²) < 4.78 is 5.27. The molecule has 0 spiro atoms. The largest absolute Gasteiger partial charge is 0.495 e. The predicted octanol–water partition coefficient (Wildman–Crippen LogP) is 2.52. The zero-order valence-electron chi connectivity index (χ0n) is 10.9. The summed E-state index contributed by atoms with van der Waals surface area (Å²) in [6, 6.07) is 5.69. The standard InChI is InChI=1S/C13H19ClN4O/c1-19-12-7-6-9(14)8-11(12)17-13(18-15)16-10-4-2-3-5-10/h6-8,10H,2-5,15H2,1H3,(H2,16,17,18). The molecule has 2 rings (SSSR count). The fourth-order valence-corrected chi connectivity index (χ4v) is 2.40. The summed E-state index contributed by atoms with van der Waals surface area (Å²) in [5, 5.41) is 3.75. The smallest absolute Gasteiger partial charge is 0.210 e. The number of ether oxygens (including phenoxy) is 1. The Hall–Kier alpha value is -1.46. The number of guanidine groups is 1. The highest BCUT2D eigenvalue weighted by molar-refractivity contribution is 6.31. The first-order valence-electron chi connectivity index (χ1n) is 6.38. The predicted molar refractivity (Wildman–Crippen MR) is 78.6 cm³/mol. The Kier molecular flexibility index (Phi) is 4.87. The number of hydrogen-bond donors (Lipinski definition) is 3. The number of nitrogens with one attached hydrogen (secondary N) is 2. The number of hydrazine groups is 1. The first-order chi connectivity index (χ1) is 9.22. The summed E-state index contributed by atoms with van der Waals surface area (Å²) in [5.74, 6) is 6.74. The lowest BCUT2D eigenvalue weighted by Gasteiger charge is -2.14. The fourth-order valence-electron chi connectivity index (χ4n) is 2.23. The number of halogens is 1. The number of hydrogen-bond acceptors (Lipinski definition) is 3. The first-order valence-corrected chi connectivity index (χ1v) is 6.75. The van der Waals surface area contributed by atoms with Crippen molar-refractivity contribution >= 4 is 23.2 Å². The maximum Gasteiger partial charge on any atom is 0.210 e. The minimum Gasteiger partial charge on any atom is -0.495 e. The van der Waals surface area contributed by atoms with E-state index >= 15 is 0 Å². The van der Waals surface area contributed by atoms with Crippen molar-refractivity contribution in [3.05, 3.63) is 23.2 Å². The second kappa shape index (κ2) is 6.63. The number of benzene rings is 1. The fraction of sp³-hybridized carbons (Fsp3) is 0.462. The maximum atomic E-state index is 5.98. The molecule has 0 saturated heterocycles. The normalized spacial score (nSPS) is 16.5. The molecule has 1 aromatic carbocycles. The van der Waals surface area contributed by atoms with Crippen LogP contribution in [0.5, 0.6) is 5.75 Å². The number of aliphatic imine (C=N–C) groups is 1. The van der Waals surface area contributed by atoms with Crippen LogP contribution >= 0.6 is 11.6 Å². The second-order valence-corrected chi connectivity index (χ2v) is 4.97. The van der Waals surface area contributed by atoms with Gasteiger partial charge in [0, 0.05) is 5.02 Å². The van der Waals surface area contributed by atoms with Crippen LogP contribution in [-0.2, 0) is 0 Å². The van der Waals surface area contributed by atoms with Gasteiger partial charge in [-0.25, -0.2) is 10.8 Å². The van der Waals surface area contributed by atoms with Crippen LogP contribution in [0.25, 0.3) is 0 Å². The molecule has 1 saturated carbocycles. The molecule has 104 valence electrons. The minimum atomic E-state index is 0.337. The molecule has 4 N–H and O–H groups in total. The minimum absolute atomic E-state index is 0.337. The van der Waals surface area contributed by atoms with Gasteiger partial charge in [0.2, 0.25) is 5.96 Å². The molecule has 0 aromatic heterocycles. The summed E-state index contributed by atoms with van der Waals surface area (Å²) in [4.78, 5) is 4.57. The van der Waals surface area contributed by atoms with E-state index in [9.17, 15) is 0 Å². The number of anilines is 1. The molecule has 0 bridgehead atoms. The van der Waals surface area contributed by atoms with Crippen LogP contribution in [0.15, 0.2) is 23.2 Å². The van der Waals surface area contributed by atoms with Gasteiger partial charge in [-0.2, -0.15) is 0 Å². The third kappa shape index (κ3) is 3.75. The lowest BCUT2D eigenvalue weighted by atomic mass is 10.3. The molecule has 0 amide bonds. The van der Waals surface area contributed by atoms with Gasteiger partial charge in [-0.05, 0) is 31.0 Å². The quantitative estimate of drug-likeness (QED) is 0.345. The molecule has 0 heterocycles. The molecule has 1 fully saturated rings. The molecule has 19 heavy (non-hydrogen) atoms. The second-order valence-electron chi connectivity index (χ2n) is 4.53. The Morgan fingerprint density at radius 2 is 2.16 bits per heavy atom. The van der Waals surface area contributed by atoms with Crippen LogP contribution in [-0.4, -0.2) is 19.1 Å². The van der Waals surface area contributed by atoms with Crippen LogP contribution in [0.4, 0.5) is 5.69 Å². The van der Waals surface area contributed by atoms with Gasteiger partial charge in [-0.3, -0.25) is 5.43 Å². The van der Waals surface area contributed by atoms with Crippen LogP contribution < -0.4 is 21.3 Å². The first kappa shape index (κ1) is 14.0. The van der Waals surface area contributed by atoms with Crippen LogP contribution in [0.2, 0.25) is 5.02 Å². The van der Waals surface area contributed by atoms with Crippen LogP contribution in [0.1, 0.15) is 25.7 Å². The molecular weight excluding hydrogens is 264 g/mol. The summed E-state index contributed by atoms with van der Waals surface area (Å²) in [7, 11) is 1.61. The van der Waals surface area contributed by atoms with Crippen molar-refractivity contribution in [3.8, 4) is 5.75 Å². The van der Waals surface area contributed by atoms with Crippen molar-refractivity contribution in [2.24, 2.45) is 10.8 Å². The van der Waals surface area contributed by atoms with Crippen molar-refractivity contribution < 1.29 is 4.74 Å². The molecule has 0 atom stereocenters. The highest BCUT2D eigenvalue weighted by Gasteiger charge is 2.15. The van der Waals surface area contributed by atoms with Gasteiger partial charge in [0.25, 0.3) is 0 Å². The number of nitrogens with zero attached hydrogens (tertiary/aromatic N) is 1. The average molecular weight is 283 g/mol. The topological polar surface area (TPSA) is 71.7 Å². The van der Waals surface area contributed by atoms with Gasteiger partial charge in [0.1, 0.15) is 5.75 Å². The zero-order chi connectivity index (χ0) is 13.7. The van der Waals surface area contributed by atoms with E-state index < -0.39 is 0 Å². The van der Waals surface area contributed by atoms with E-state index in [-0.39, 0.29) is 0 Å².